The average Bonchev–Trinajstić information content (AvgIpc) is 2.82. The number of hydrogen-bond donors (Lipinski definition) is 2. The number of halogens is 2. The van der Waals surface area contributed by atoms with Crippen molar-refractivity contribution in [3.05, 3.63) is 45.7 Å². The molecule has 0 atom stereocenters. The summed E-state index contributed by atoms with van der Waals surface area (Å²) in [6.07, 6.45) is 0. The molecule has 2 aromatic rings. The van der Waals surface area contributed by atoms with Crippen LogP contribution in [0, 0.1) is 13.8 Å². The number of aryl methyl sites for hydroxylation is 2. The van der Waals surface area contributed by atoms with Crippen molar-refractivity contribution >= 4 is 57.6 Å². The molecule has 0 radical (unpaired) electrons. The Kier molecular flexibility index (Phi) is 9.64. The first-order chi connectivity index (χ1) is 12.2. The number of aliphatic imine (C=N–C) groups is 1. The highest BCUT2D eigenvalue weighted by atomic mass is 127. The highest BCUT2D eigenvalue weighted by Gasteiger charge is 2.20. The Morgan fingerprint density at radius 1 is 1.22 bits per heavy atom. The molecule has 0 aliphatic heterocycles. The molecule has 0 saturated heterocycles. The Labute approximate surface area is 192 Å². The summed E-state index contributed by atoms with van der Waals surface area (Å²) < 4.78 is 3.05. The van der Waals surface area contributed by atoms with E-state index in [2.05, 4.69) is 81.7 Å². The molecule has 1 heterocycles. The summed E-state index contributed by atoms with van der Waals surface area (Å²) in [5.74, 6) is 0.803. The molecular weight excluding hydrogens is 537 g/mol. The molecular formula is C19H29BrIN5S. The number of hydrogen-bond acceptors (Lipinski definition) is 3. The zero-order chi connectivity index (χ0) is 19.3. The van der Waals surface area contributed by atoms with Crippen molar-refractivity contribution in [3.63, 3.8) is 0 Å². The first kappa shape index (κ1) is 24.3. The van der Waals surface area contributed by atoms with Crippen LogP contribution in [0.15, 0.2) is 38.6 Å². The molecule has 0 aliphatic carbocycles. The van der Waals surface area contributed by atoms with Gasteiger partial charge in [-0.1, -0.05) is 15.9 Å². The van der Waals surface area contributed by atoms with Crippen molar-refractivity contribution in [1.82, 2.24) is 20.4 Å². The lowest BCUT2D eigenvalue weighted by Gasteiger charge is -2.25. The quantitative estimate of drug-likeness (QED) is 0.232. The van der Waals surface area contributed by atoms with Gasteiger partial charge < -0.3 is 10.6 Å². The average molecular weight is 566 g/mol. The number of benzene rings is 1. The van der Waals surface area contributed by atoms with Crippen LogP contribution in [0.5, 0.6) is 0 Å². The van der Waals surface area contributed by atoms with Crippen LogP contribution in [0.2, 0.25) is 0 Å². The van der Waals surface area contributed by atoms with Crippen LogP contribution in [0.3, 0.4) is 0 Å². The summed E-state index contributed by atoms with van der Waals surface area (Å²) in [6, 6.07) is 8.42. The van der Waals surface area contributed by atoms with E-state index >= 15 is 0 Å². The molecule has 0 saturated carbocycles. The highest BCUT2D eigenvalue weighted by Crippen LogP contribution is 2.32. The molecule has 0 bridgehead atoms. The van der Waals surface area contributed by atoms with Gasteiger partial charge in [-0.25, -0.2) is 0 Å². The van der Waals surface area contributed by atoms with Crippen LogP contribution in [-0.4, -0.2) is 34.1 Å². The lowest BCUT2D eigenvalue weighted by atomic mass is 10.2. The van der Waals surface area contributed by atoms with Crippen LogP contribution >= 0.6 is 51.7 Å². The fraction of sp³-hybridized carbons (Fsp3) is 0.474. The minimum Gasteiger partial charge on any atom is -0.355 e. The van der Waals surface area contributed by atoms with Gasteiger partial charge in [0, 0.05) is 52.6 Å². The van der Waals surface area contributed by atoms with E-state index in [0.717, 1.165) is 22.7 Å². The van der Waals surface area contributed by atoms with Gasteiger partial charge in [0.25, 0.3) is 0 Å². The van der Waals surface area contributed by atoms with Crippen molar-refractivity contribution in [2.45, 2.75) is 43.9 Å². The summed E-state index contributed by atoms with van der Waals surface area (Å²) in [4.78, 5) is 5.60. The van der Waals surface area contributed by atoms with Crippen molar-refractivity contribution in [2.75, 3.05) is 13.6 Å². The smallest absolute Gasteiger partial charge is 0.191 e. The van der Waals surface area contributed by atoms with E-state index in [1.807, 2.05) is 30.4 Å². The van der Waals surface area contributed by atoms with E-state index in [9.17, 15) is 0 Å². The number of aromatic nitrogens is 2. The van der Waals surface area contributed by atoms with Crippen molar-refractivity contribution < 1.29 is 0 Å². The van der Waals surface area contributed by atoms with Gasteiger partial charge in [0.05, 0.1) is 5.69 Å². The molecule has 8 heteroatoms. The van der Waals surface area contributed by atoms with E-state index < -0.39 is 0 Å². The van der Waals surface area contributed by atoms with Crippen molar-refractivity contribution in [1.29, 1.82) is 0 Å². The maximum atomic E-state index is 4.46. The SMILES string of the molecule is CN=C(NCc1c(C)nn(C)c1C)NCC(C)(C)Sc1ccc(Br)cc1.I. The largest absolute Gasteiger partial charge is 0.355 e. The Hall–Kier alpha value is -0.740. The molecule has 2 rings (SSSR count). The fourth-order valence-corrected chi connectivity index (χ4v) is 3.94. The molecule has 0 fully saturated rings. The first-order valence-corrected chi connectivity index (χ1v) is 10.2. The highest BCUT2D eigenvalue weighted by molar-refractivity contribution is 14.0. The maximum absolute atomic E-state index is 4.46. The van der Waals surface area contributed by atoms with Gasteiger partial charge in [-0.05, 0) is 52.0 Å². The molecule has 150 valence electrons. The third kappa shape index (κ3) is 7.30. The van der Waals surface area contributed by atoms with E-state index in [1.54, 1.807) is 7.05 Å². The van der Waals surface area contributed by atoms with Gasteiger partial charge in [0.2, 0.25) is 0 Å². The van der Waals surface area contributed by atoms with Gasteiger partial charge in [-0.2, -0.15) is 5.10 Å². The minimum absolute atomic E-state index is 0. The third-order valence-corrected chi connectivity index (χ3v) is 5.94. The van der Waals surface area contributed by atoms with Crippen LogP contribution in [0.4, 0.5) is 0 Å². The molecule has 0 spiro atoms. The van der Waals surface area contributed by atoms with Crippen LogP contribution in [0.1, 0.15) is 30.8 Å². The zero-order valence-electron chi connectivity index (χ0n) is 16.8. The summed E-state index contributed by atoms with van der Waals surface area (Å²) in [6.45, 7) is 10.1. The van der Waals surface area contributed by atoms with Crippen LogP contribution < -0.4 is 10.6 Å². The Morgan fingerprint density at radius 3 is 2.37 bits per heavy atom. The van der Waals surface area contributed by atoms with E-state index in [4.69, 9.17) is 0 Å². The standard InChI is InChI=1S/C19H28BrN5S.HI/c1-13-17(14(2)25(6)24-13)11-22-18(21-5)23-12-19(3,4)26-16-9-7-15(20)8-10-16;/h7-10H,11-12H2,1-6H3,(H2,21,22,23);1H. The summed E-state index contributed by atoms with van der Waals surface area (Å²) in [5, 5.41) is 11.3. The molecule has 27 heavy (non-hydrogen) atoms. The van der Waals surface area contributed by atoms with Crippen LogP contribution in [0.25, 0.3) is 0 Å². The van der Waals surface area contributed by atoms with Gasteiger partial charge in [-0.15, -0.1) is 35.7 Å². The predicted molar refractivity (Wildman–Crippen MR) is 130 cm³/mol. The van der Waals surface area contributed by atoms with Crippen molar-refractivity contribution in [3.8, 4) is 0 Å². The van der Waals surface area contributed by atoms with Gasteiger partial charge in [-0.3, -0.25) is 9.67 Å². The Morgan fingerprint density at radius 2 is 1.85 bits per heavy atom. The second-order valence-corrected chi connectivity index (χ2v) is 9.56. The summed E-state index contributed by atoms with van der Waals surface area (Å²) >= 11 is 5.33. The fourth-order valence-electron chi connectivity index (χ4n) is 2.62. The Bertz CT molecular complexity index is 771. The number of nitrogens with one attached hydrogen (secondary N) is 2. The molecule has 0 amide bonds. The maximum Gasteiger partial charge on any atom is 0.191 e. The van der Waals surface area contributed by atoms with E-state index in [1.165, 1.54) is 16.2 Å². The topological polar surface area (TPSA) is 54.2 Å². The predicted octanol–water partition coefficient (Wildman–Crippen LogP) is 4.65. The second kappa shape index (κ2) is 10.7. The van der Waals surface area contributed by atoms with Crippen LogP contribution in [-0.2, 0) is 13.6 Å². The van der Waals surface area contributed by atoms with Crippen molar-refractivity contribution in [2.24, 2.45) is 12.0 Å². The number of guanidine groups is 1. The molecule has 2 N–H and O–H groups in total. The second-order valence-electron chi connectivity index (χ2n) is 6.87. The lowest BCUT2D eigenvalue weighted by Crippen LogP contribution is -2.43. The molecule has 0 aliphatic rings. The zero-order valence-corrected chi connectivity index (χ0v) is 21.5. The number of rotatable bonds is 6. The molecule has 1 aromatic carbocycles. The Balaban J connectivity index is 0.00000364. The molecule has 1 aromatic heterocycles. The summed E-state index contributed by atoms with van der Waals surface area (Å²) in [5.41, 5.74) is 3.45. The van der Waals surface area contributed by atoms with E-state index in [-0.39, 0.29) is 28.7 Å². The minimum atomic E-state index is 0. The van der Waals surface area contributed by atoms with Gasteiger partial charge in [0.1, 0.15) is 0 Å². The lowest BCUT2D eigenvalue weighted by molar-refractivity contribution is 0.662. The van der Waals surface area contributed by atoms with Gasteiger partial charge >= 0.3 is 0 Å². The van der Waals surface area contributed by atoms with E-state index in [0.29, 0.717) is 6.54 Å². The molecule has 0 unspecified atom stereocenters. The number of nitrogens with zero attached hydrogens (tertiary/aromatic N) is 3. The number of thioether (sulfide) groups is 1. The molecule has 5 nitrogen and oxygen atoms in total. The summed E-state index contributed by atoms with van der Waals surface area (Å²) in [7, 11) is 3.77. The monoisotopic (exact) mass is 565 g/mol. The normalized spacial score (nSPS) is 11.9. The first-order valence-electron chi connectivity index (χ1n) is 8.60. The van der Waals surface area contributed by atoms with Gasteiger partial charge in [0.15, 0.2) is 5.96 Å². The third-order valence-electron chi connectivity index (χ3n) is 4.20.